The summed E-state index contributed by atoms with van der Waals surface area (Å²) < 4.78 is 5.41. The van der Waals surface area contributed by atoms with Gasteiger partial charge in [-0.05, 0) is 118 Å². The standard InChI is InChI=1S/C37H51N5O3/c1-7-8-17-39-36(43)30-22-27(3)35(28(4)23-30)37(44)40-19-14-29(5)41-20-15-33(16-21-41)42(25-31-24-38-18-13-26(31)2)32-9-11-34(45-6)12-10-32/h9-13,18,22-24,29,33H,7-8,14-17,19-21,25H2,1-6H3,(H,39,43)(H,40,44). The number of anilines is 1. The van der Waals surface area contributed by atoms with Crippen molar-refractivity contribution in [1.29, 1.82) is 0 Å². The molecule has 8 nitrogen and oxygen atoms in total. The lowest BCUT2D eigenvalue weighted by molar-refractivity contribution is 0.0935. The third kappa shape index (κ3) is 9.07. The van der Waals surface area contributed by atoms with Gasteiger partial charge in [0.15, 0.2) is 0 Å². The monoisotopic (exact) mass is 613 g/mol. The van der Waals surface area contributed by atoms with Crippen molar-refractivity contribution in [3.8, 4) is 5.75 Å². The fraction of sp³-hybridized carbons (Fsp3) is 0.486. The Morgan fingerprint density at radius 3 is 2.27 bits per heavy atom. The zero-order valence-corrected chi connectivity index (χ0v) is 28.0. The molecule has 0 saturated carbocycles. The van der Waals surface area contributed by atoms with E-state index in [1.165, 1.54) is 16.8 Å². The van der Waals surface area contributed by atoms with E-state index in [0.717, 1.165) is 68.6 Å². The van der Waals surface area contributed by atoms with Gasteiger partial charge >= 0.3 is 0 Å². The summed E-state index contributed by atoms with van der Waals surface area (Å²) in [5, 5.41) is 6.10. The fourth-order valence-electron chi connectivity index (χ4n) is 6.29. The van der Waals surface area contributed by atoms with E-state index in [0.29, 0.717) is 36.3 Å². The van der Waals surface area contributed by atoms with E-state index in [4.69, 9.17) is 4.74 Å². The molecule has 2 heterocycles. The highest BCUT2D eigenvalue weighted by atomic mass is 16.5. The molecule has 8 heteroatoms. The maximum absolute atomic E-state index is 13.2. The highest BCUT2D eigenvalue weighted by Crippen LogP contribution is 2.29. The number of hydrogen-bond donors (Lipinski definition) is 2. The summed E-state index contributed by atoms with van der Waals surface area (Å²) in [6.07, 6.45) is 8.84. The van der Waals surface area contributed by atoms with E-state index >= 15 is 0 Å². The fourth-order valence-corrected chi connectivity index (χ4v) is 6.29. The van der Waals surface area contributed by atoms with Crippen molar-refractivity contribution in [1.82, 2.24) is 20.5 Å². The summed E-state index contributed by atoms with van der Waals surface area (Å²) in [6, 6.07) is 14.9. The highest BCUT2D eigenvalue weighted by molar-refractivity contribution is 6.00. The molecule has 0 bridgehead atoms. The third-order valence-corrected chi connectivity index (χ3v) is 9.14. The lowest BCUT2D eigenvalue weighted by Gasteiger charge is -2.42. The van der Waals surface area contributed by atoms with Gasteiger partial charge in [0.25, 0.3) is 11.8 Å². The molecule has 2 N–H and O–H groups in total. The zero-order valence-electron chi connectivity index (χ0n) is 28.0. The third-order valence-electron chi connectivity index (χ3n) is 9.14. The SMILES string of the molecule is CCCCNC(=O)c1cc(C)c(C(=O)NCCC(C)N2CCC(N(Cc3cnccc3C)c3ccc(OC)cc3)CC2)c(C)c1. The molecule has 2 amide bonds. The van der Waals surface area contributed by atoms with Gasteiger partial charge in [-0.15, -0.1) is 0 Å². The van der Waals surface area contributed by atoms with Crippen LogP contribution in [0.5, 0.6) is 5.75 Å². The van der Waals surface area contributed by atoms with Crippen LogP contribution in [0.2, 0.25) is 0 Å². The highest BCUT2D eigenvalue weighted by Gasteiger charge is 2.28. The van der Waals surface area contributed by atoms with Crippen molar-refractivity contribution in [2.45, 2.75) is 85.4 Å². The minimum atomic E-state index is -0.0847. The molecule has 1 aliphatic heterocycles. The number of rotatable bonds is 14. The van der Waals surface area contributed by atoms with Crippen molar-refractivity contribution >= 4 is 17.5 Å². The first kappa shape index (κ1) is 34.0. The number of benzene rings is 2. The molecule has 0 radical (unpaired) electrons. The second-order valence-electron chi connectivity index (χ2n) is 12.4. The Balaban J connectivity index is 1.31. The Hall–Kier alpha value is -3.91. The summed E-state index contributed by atoms with van der Waals surface area (Å²) >= 11 is 0. The number of unbranched alkanes of at least 4 members (excludes halogenated alkanes) is 1. The molecule has 1 aliphatic rings. The van der Waals surface area contributed by atoms with Gasteiger partial charge in [-0.3, -0.25) is 14.6 Å². The maximum Gasteiger partial charge on any atom is 0.251 e. The lowest BCUT2D eigenvalue weighted by Crippen LogP contribution is -2.48. The van der Waals surface area contributed by atoms with E-state index in [2.05, 4.69) is 64.4 Å². The Kier molecular flexibility index (Phi) is 12.4. The molecule has 1 aromatic heterocycles. The average molecular weight is 614 g/mol. The van der Waals surface area contributed by atoms with E-state index in [1.807, 2.05) is 50.5 Å². The summed E-state index contributed by atoms with van der Waals surface area (Å²) in [4.78, 5) is 35.1. The number of nitrogens with zero attached hydrogens (tertiary/aromatic N) is 3. The molecule has 0 aliphatic carbocycles. The predicted octanol–water partition coefficient (Wildman–Crippen LogP) is 6.22. The molecule has 1 saturated heterocycles. The number of aryl methyl sites for hydroxylation is 3. The Labute approximate surface area is 269 Å². The lowest BCUT2D eigenvalue weighted by atomic mass is 9.98. The largest absolute Gasteiger partial charge is 0.497 e. The maximum atomic E-state index is 13.2. The van der Waals surface area contributed by atoms with Crippen LogP contribution in [0.25, 0.3) is 0 Å². The van der Waals surface area contributed by atoms with Gasteiger partial charge < -0.3 is 25.2 Å². The number of nitrogens with one attached hydrogen (secondary N) is 2. The molecular formula is C37H51N5O3. The normalized spacial score (nSPS) is 14.5. The molecule has 1 unspecified atom stereocenters. The summed E-state index contributed by atoms with van der Waals surface area (Å²) in [7, 11) is 1.70. The van der Waals surface area contributed by atoms with Crippen LogP contribution in [-0.2, 0) is 6.54 Å². The van der Waals surface area contributed by atoms with E-state index < -0.39 is 0 Å². The van der Waals surface area contributed by atoms with Crippen LogP contribution in [0.1, 0.15) is 88.9 Å². The summed E-state index contributed by atoms with van der Waals surface area (Å²) in [6.45, 7) is 14.4. The van der Waals surface area contributed by atoms with Gasteiger partial charge in [0, 0.05) is 74.0 Å². The van der Waals surface area contributed by atoms with Crippen LogP contribution in [0.3, 0.4) is 0 Å². The Morgan fingerprint density at radius 1 is 0.978 bits per heavy atom. The van der Waals surface area contributed by atoms with Gasteiger partial charge in [-0.1, -0.05) is 13.3 Å². The van der Waals surface area contributed by atoms with Gasteiger partial charge in [-0.25, -0.2) is 0 Å². The number of amides is 2. The Morgan fingerprint density at radius 2 is 1.64 bits per heavy atom. The van der Waals surface area contributed by atoms with Crippen LogP contribution in [0, 0.1) is 20.8 Å². The van der Waals surface area contributed by atoms with Gasteiger partial charge in [-0.2, -0.15) is 0 Å². The van der Waals surface area contributed by atoms with Crippen molar-refractivity contribution < 1.29 is 14.3 Å². The number of methoxy groups -OCH3 is 1. The molecule has 3 aromatic rings. The van der Waals surface area contributed by atoms with Crippen LogP contribution >= 0.6 is 0 Å². The molecular weight excluding hydrogens is 562 g/mol. The number of aromatic nitrogens is 1. The molecule has 242 valence electrons. The van der Waals surface area contributed by atoms with Crippen molar-refractivity contribution in [2.75, 3.05) is 38.2 Å². The minimum Gasteiger partial charge on any atom is -0.497 e. The van der Waals surface area contributed by atoms with Crippen LogP contribution in [-0.4, -0.2) is 67.1 Å². The first-order chi connectivity index (χ1) is 21.7. The molecule has 2 aromatic carbocycles. The topological polar surface area (TPSA) is 86.8 Å². The number of pyridine rings is 1. The van der Waals surface area contributed by atoms with Crippen molar-refractivity contribution in [3.05, 3.63) is 88.2 Å². The van der Waals surface area contributed by atoms with Crippen LogP contribution in [0.4, 0.5) is 5.69 Å². The van der Waals surface area contributed by atoms with Gasteiger partial charge in [0.1, 0.15) is 5.75 Å². The van der Waals surface area contributed by atoms with E-state index in [-0.39, 0.29) is 11.8 Å². The number of hydrogen-bond acceptors (Lipinski definition) is 6. The quantitative estimate of drug-likeness (QED) is 0.210. The second-order valence-corrected chi connectivity index (χ2v) is 12.4. The summed E-state index contributed by atoms with van der Waals surface area (Å²) in [5.74, 6) is 0.702. The predicted molar refractivity (Wildman–Crippen MR) is 182 cm³/mol. The van der Waals surface area contributed by atoms with Crippen LogP contribution < -0.4 is 20.3 Å². The average Bonchev–Trinajstić information content (AvgIpc) is 3.04. The minimum absolute atomic E-state index is 0.0744. The first-order valence-corrected chi connectivity index (χ1v) is 16.4. The molecule has 0 spiro atoms. The molecule has 1 fully saturated rings. The molecule has 4 rings (SSSR count). The Bertz CT molecular complexity index is 1390. The van der Waals surface area contributed by atoms with Crippen molar-refractivity contribution in [2.24, 2.45) is 0 Å². The second kappa shape index (κ2) is 16.4. The van der Waals surface area contributed by atoms with E-state index in [1.54, 1.807) is 7.11 Å². The first-order valence-electron chi connectivity index (χ1n) is 16.4. The number of carbonyl (C=O) groups is 2. The number of likely N-dealkylation sites (tertiary alicyclic amines) is 1. The number of ether oxygens (including phenoxy) is 1. The van der Waals surface area contributed by atoms with Gasteiger partial charge in [0.05, 0.1) is 7.11 Å². The smallest absolute Gasteiger partial charge is 0.251 e. The zero-order chi connectivity index (χ0) is 32.3. The van der Waals surface area contributed by atoms with Gasteiger partial charge in [0.2, 0.25) is 0 Å². The number of piperidine rings is 1. The molecule has 45 heavy (non-hydrogen) atoms. The number of carbonyl (C=O) groups excluding carboxylic acids is 2. The van der Waals surface area contributed by atoms with E-state index in [9.17, 15) is 9.59 Å². The molecule has 1 atom stereocenters. The van der Waals surface area contributed by atoms with Crippen LogP contribution in [0.15, 0.2) is 54.9 Å². The van der Waals surface area contributed by atoms with Crippen molar-refractivity contribution in [3.63, 3.8) is 0 Å². The summed E-state index contributed by atoms with van der Waals surface area (Å²) in [5.41, 5.74) is 6.62.